The second-order valence-electron chi connectivity index (χ2n) is 1.32. The van der Waals surface area contributed by atoms with Gasteiger partial charge in [0.2, 0.25) is 0 Å². The summed E-state index contributed by atoms with van der Waals surface area (Å²) in [6.07, 6.45) is 2.03. The van der Waals surface area contributed by atoms with Crippen molar-refractivity contribution in [3.63, 3.8) is 0 Å². The number of carbonyl (C=O) groups is 2. The second kappa shape index (κ2) is 4.25. The van der Waals surface area contributed by atoms with Crippen LogP contribution in [0.1, 0.15) is 0 Å². The lowest BCUT2D eigenvalue weighted by molar-refractivity contribution is -0.131. The van der Waals surface area contributed by atoms with Gasteiger partial charge in [-0.1, -0.05) is 5.16 Å². The van der Waals surface area contributed by atoms with E-state index >= 15 is 0 Å². The molecule has 0 aromatic heterocycles. The topological polar surface area (TPSA) is 87.0 Å². The lowest BCUT2D eigenvalue weighted by Crippen LogP contribution is -1.95. The van der Waals surface area contributed by atoms with Crippen molar-refractivity contribution < 1.29 is 19.9 Å². The van der Waals surface area contributed by atoms with Crippen LogP contribution in [-0.4, -0.2) is 28.3 Å². The van der Waals surface area contributed by atoms with E-state index in [9.17, 15) is 9.59 Å². The van der Waals surface area contributed by atoms with Crippen LogP contribution in [0.15, 0.2) is 17.3 Å². The Morgan fingerprint density at radius 3 is 2.30 bits per heavy atom. The van der Waals surface area contributed by atoms with E-state index in [0.717, 1.165) is 6.08 Å². The van der Waals surface area contributed by atoms with Gasteiger partial charge in [0.25, 0.3) is 0 Å². The first-order valence-corrected chi connectivity index (χ1v) is 2.29. The molecule has 10 heavy (non-hydrogen) atoms. The largest absolute Gasteiger partial charge is 0.478 e. The zero-order chi connectivity index (χ0) is 7.98. The van der Waals surface area contributed by atoms with Gasteiger partial charge in [-0.2, -0.15) is 0 Å². The van der Waals surface area contributed by atoms with Gasteiger partial charge in [0, 0.05) is 6.08 Å². The maximum atomic E-state index is 10.3. The third kappa shape index (κ3) is 4.51. The number of rotatable bonds is 3. The molecular weight excluding hydrogens is 138 g/mol. The van der Waals surface area contributed by atoms with E-state index < -0.39 is 11.8 Å². The van der Waals surface area contributed by atoms with Crippen LogP contribution in [0.3, 0.4) is 0 Å². The van der Waals surface area contributed by atoms with Crippen molar-refractivity contribution in [3.8, 4) is 0 Å². The van der Waals surface area contributed by atoms with E-state index in [1.54, 1.807) is 0 Å². The van der Waals surface area contributed by atoms with Gasteiger partial charge in [-0.3, -0.25) is 4.79 Å². The van der Waals surface area contributed by atoms with E-state index in [1.807, 2.05) is 0 Å². The van der Waals surface area contributed by atoms with Crippen molar-refractivity contribution in [3.05, 3.63) is 12.2 Å². The van der Waals surface area contributed by atoms with Gasteiger partial charge >= 0.3 is 5.97 Å². The molecule has 0 saturated heterocycles. The van der Waals surface area contributed by atoms with Gasteiger partial charge in [-0.25, -0.2) is 4.79 Å². The van der Waals surface area contributed by atoms with Gasteiger partial charge in [-0.05, 0) is 6.08 Å². The molecule has 2 N–H and O–H groups in total. The number of hydrogen-bond donors (Lipinski definition) is 2. The Hall–Kier alpha value is -1.65. The minimum Gasteiger partial charge on any atom is -0.478 e. The fourth-order valence-electron chi connectivity index (χ4n) is 0.253. The molecule has 0 heterocycles. The summed E-state index contributed by atoms with van der Waals surface area (Å²) in [7, 11) is 0. The standard InChI is InChI=1S/C5H5NO4/c7-4(3-6-10)1-2-5(8)9/h1-3,10H,(H,8,9)/b2-1+,6-3+. The maximum absolute atomic E-state index is 10.3. The highest BCUT2D eigenvalue weighted by molar-refractivity contribution is 6.33. The summed E-state index contributed by atoms with van der Waals surface area (Å²) in [6, 6.07) is 0. The molecule has 0 aromatic carbocycles. The molecule has 0 aromatic rings. The number of carboxylic acid groups (broad SMARTS) is 1. The summed E-state index contributed by atoms with van der Waals surface area (Å²) in [5, 5.41) is 18.1. The first-order valence-electron chi connectivity index (χ1n) is 2.29. The van der Waals surface area contributed by atoms with Crippen LogP contribution in [0.4, 0.5) is 0 Å². The number of aliphatic carboxylic acids is 1. The quantitative estimate of drug-likeness (QED) is 0.245. The molecule has 0 unspecified atom stereocenters. The van der Waals surface area contributed by atoms with Gasteiger partial charge in [-0.15, -0.1) is 0 Å². The van der Waals surface area contributed by atoms with Crippen molar-refractivity contribution in [2.45, 2.75) is 0 Å². The highest BCUT2D eigenvalue weighted by atomic mass is 16.4. The third-order valence-electron chi connectivity index (χ3n) is 0.575. The second-order valence-corrected chi connectivity index (χ2v) is 1.32. The molecule has 0 aliphatic heterocycles. The molecule has 0 aliphatic rings. The molecule has 0 rings (SSSR count). The SMILES string of the molecule is O=C(O)/C=C/C(=O)/C=N/O. The zero-order valence-electron chi connectivity index (χ0n) is 4.89. The van der Waals surface area contributed by atoms with Crippen LogP contribution in [0.25, 0.3) is 0 Å². The summed E-state index contributed by atoms with van der Waals surface area (Å²) in [6.45, 7) is 0. The van der Waals surface area contributed by atoms with Crippen molar-refractivity contribution in [1.82, 2.24) is 0 Å². The van der Waals surface area contributed by atoms with Crippen LogP contribution in [0.5, 0.6) is 0 Å². The molecular formula is C5H5NO4. The molecule has 5 heteroatoms. The van der Waals surface area contributed by atoms with Gasteiger partial charge in [0.05, 0.1) is 0 Å². The van der Waals surface area contributed by atoms with Crippen LogP contribution in [-0.2, 0) is 9.59 Å². The van der Waals surface area contributed by atoms with E-state index in [1.165, 1.54) is 0 Å². The predicted octanol–water partition coefficient (Wildman–Crippen LogP) is -0.344. The summed E-state index contributed by atoms with van der Waals surface area (Å²) >= 11 is 0. The summed E-state index contributed by atoms with van der Waals surface area (Å²) in [4.78, 5) is 20.1. The van der Waals surface area contributed by atoms with Gasteiger partial charge < -0.3 is 10.3 Å². The molecule has 0 amide bonds. The predicted molar refractivity (Wildman–Crippen MR) is 32.1 cm³/mol. The number of allylic oxidation sites excluding steroid dienone is 1. The normalized spacial score (nSPS) is 10.8. The monoisotopic (exact) mass is 143 g/mol. The highest BCUT2D eigenvalue weighted by Gasteiger charge is 1.90. The molecule has 0 spiro atoms. The number of hydrogen-bond acceptors (Lipinski definition) is 4. The summed E-state index contributed by atoms with van der Waals surface area (Å²) in [5.74, 6) is -1.90. The number of ketones is 1. The number of oxime groups is 1. The molecule has 5 nitrogen and oxygen atoms in total. The van der Waals surface area contributed by atoms with E-state index in [0.29, 0.717) is 12.3 Å². The first kappa shape index (κ1) is 8.35. The maximum Gasteiger partial charge on any atom is 0.328 e. The molecule has 0 fully saturated rings. The Morgan fingerprint density at radius 2 is 1.90 bits per heavy atom. The minimum atomic E-state index is -1.22. The van der Waals surface area contributed by atoms with Crippen LogP contribution in [0.2, 0.25) is 0 Å². The molecule has 0 bridgehead atoms. The fraction of sp³-hybridized carbons (Fsp3) is 0. The summed E-state index contributed by atoms with van der Waals surface area (Å²) in [5.41, 5.74) is 0. The lowest BCUT2D eigenvalue weighted by atomic mass is 10.4. The molecule has 0 atom stereocenters. The Bertz CT molecular complexity index is 194. The Balaban J connectivity index is 3.90. The van der Waals surface area contributed by atoms with E-state index in [2.05, 4.69) is 5.16 Å². The number of carbonyl (C=O) groups excluding carboxylic acids is 1. The van der Waals surface area contributed by atoms with E-state index in [4.69, 9.17) is 10.3 Å². The zero-order valence-corrected chi connectivity index (χ0v) is 4.89. The first-order chi connectivity index (χ1) is 4.66. The molecule has 0 saturated carbocycles. The van der Waals surface area contributed by atoms with Crippen molar-refractivity contribution in [2.24, 2.45) is 5.16 Å². The smallest absolute Gasteiger partial charge is 0.328 e. The average Bonchev–Trinajstić information content (AvgIpc) is 1.85. The third-order valence-corrected chi connectivity index (χ3v) is 0.575. The Kier molecular flexibility index (Phi) is 3.55. The van der Waals surface area contributed by atoms with Crippen molar-refractivity contribution >= 4 is 18.0 Å². The lowest BCUT2D eigenvalue weighted by Gasteiger charge is -1.77. The van der Waals surface area contributed by atoms with E-state index in [-0.39, 0.29) is 0 Å². The highest BCUT2D eigenvalue weighted by Crippen LogP contribution is 1.73. The number of nitrogens with zero attached hydrogens (tertiary/aromatic N) is 1. The molecule has 0 aliphatic carbocycles. The van der Waals surface area contributed by atoms with Crippen LogP contribution < -0.4 is 0 Å². The van der Waals surface area contributed by atoms with Gasteiger partial charge in [0.15, 0.2) is 5.78 Å². The van der Waals surface area contributed by atoms with Crippen LogP contribution in [0, 0.1) is 0 Å². The van der Waals surface area contributed by atoms with Crippen molar-refractivity contribution in [2.75, 3.05) is 0 Å². The number of carboxylic acids is 1. The summed E-state index contributed by atoms with van der Waals surface area (Å²) < 4.78 is 0. The van der Waals surface area contributed by atoms with Crippen LogP contribution >= 0.6 is 0 Å². The minimum absolute atomic E-state index is 0.597. The van der Waals surface area contributed by atoms with Crippen molar-refractivity contribution in [1.29, 1.82) is 0 Å². The Labute approximate surface area is 56.3 Å². The Morgan fingerprint density at radius 1 is 1.30 bits per heavy atom. The molecule has 54 valence electrons. The van der Waals surface area contributed by atoms with Gasteiger partial charge in [0.1, 0.15) is 6.21 Å². The average molecular weight is 143 g/mol. The molecule has 0 radical (unpaired) electrons. The fourth-order valence-corrected chi connectivity index (χ4v) is 0.253.